The Morgan fingerprint density at radius 1 is 0.939 bits per heavy atom. The number of anilines is 1. The summed E-state index contributed by atoms with van der Waals surface area (Å²) in [6, 6.07) is 15.4. The average molecular weight is 545 g/mol. The predicted molar refractivity (Wildman–Crippen MR) is 134 cm³/mol. The van der Waals surface area contributed by atoms with Crippen molar-refractivity contribution in [2.45, 2.75) is 11.8 Å². The third-order valence-electron chi connectivity index (χ3n) is 4.38. The smallest absolute Gasteiger partial charge is 0.264 e. The van der Waals surface area contributed by atoms with Crippen LogP contribution in [-0.4, -0.2) is 27.1 Å². The van der Waals surface area contributed by atoms with Crippen LogP contribution in [0.25, 0.3) is 0 Å². The molecule has 6 nitrogen and oxygen atoms in total. The van der Waals surface area contributed by atoms with Crippen molar-refractivity contribution in [2.24, 2.45) is 5.10 Å². The van der Waals surface area contributed by atoms with Gasteiger partial charge in [0, 0.05) is 10.0 Å². The highest BCUT2D eigenvalue weighted by Gasteiger charge is 2.27. The van der Waals surface area contributed by atoms with Crippen LogP contribution in [0.1, 0.15) is 11.1 Å². The maximum Gasteiger partial charge on any atom is 0.264 e. The number of hydrogen-bond donors (Lipinski definition) is 1. The minimum Gasteiger partial charge on any atom is -0.271 e. The third-order valence-corrected chi connectivity index (χ3v) is 7.34. The molecule has 1 amide bonds. The van der Waals surface area contributed by atoms with Gasteiger partial charge in [-0.25, -0.2) is 13.8 Å². The molecule has 3 aromatic rings. The van der Waals surface area contributed by atoms with Crippen LogP contribution < -0.4 is 9.73 Å². The molecule has 172 valence electrons. The SMILES string of the molecule is Cc1ccc(S(=O)(=O)N(CC(=O)N/N=C\c2ccc(Cl)c(Cl)c2)c2cc(Cl)cc(Cl)c2)cc1. The first-order valence-corrected chi connectivity index (χ1v) is 12.3. The number of aryl methyl sites for hydroxylation is 1. The number of sulfonamides is 1. The quantitative estimate of drug-likeness (QED) is 0.294. The van der Waals surface area contributed by atoms with Gasteiger partial charge >= 0.3 is 0 Å². The van der Waals surface area contributed by atoms with Gasteiger partial charge in [-0.1, -0.05) is 70.2 Å². The van der Waals surface area contributed by atoms with E-state index in [0.29, 0.717) is 15.6 Å². The molecule has 0 atom stereocenters. The fraction of sp³-hybridized carbons (Fsp3) is 0.0909. The Morgan fingerprint density at radius 3 is 2.18 bits per heavy atom. The highest BCUT2D eigenvalue weighted by molar-refractivity contribution is 7.92. The maximum absolute atomic E-state index is 13.4. The van der Waals surface area contributed by atoms with Gasteiger partial charge in [-0.2, -0.15) is 5.10 Å². The van der Waals surface area contributed by atoms with Crippen LogP contribution >= 0.6 is 46.4 Å². The Bertz CT molecular complexity index is 1290. The summed E-state index contributed by atoms with van der Waals surface area (Å²) in [5.74, 6) is -0.682. The van der Waals surface area contributed by atoms with Crippen molar-refractivity contribution in [3.05, 3.63) is 91.9 Å². The lowest BCUT2D eigenvalue weighted by atomic mass is 10.2. The van der Waals surface area contributed by atoms with E-state index in [9.17, 15) is 13.2 Å². The second kappa shape index (κ2) is 10.8. The van der Waals surface area contributed by atoms with Gasteiger partial charge in [-0.05, 0) is 55.0 Å². The minimum absolute atomic E-state index is 0.0105. The van der Waals surface area contributed by atoms with Crippen molar-refractivity contribution in [1.82, 2.24) is 5.43 Å². The van der Waals surface area contributed by atoms with Crippen LogP contribution in [-0.2, 0) is 14.8 Å². The third kappa shape index (κ3) is 6.62. The molecule has 11 heteroatoms. The van der Waals surface area contributed by atoms with Gasteiger partial charge < -0.3 is 0 Å². The van der Waals surface area contributed by atoms with E-state index in [1.807, 2.05) is 6.92 Å². The molecular weight excluding hydrogens is 528 g/mol. The number of hydrazone groups is 1. The van der Waals surface area contributed by atoms with E-state index in [4.69, 9.17) is 46.4 Å². The lowest BCUT2D eigenvalue weighted by Gasteiger charge is -2.24. The zero-order chi connectivity index (χ0) is 24.2. The summed E-state index contributed by atoms with van der Waals surface area (Å²) in [5, 5.41) is 5.02. The molecule has 0 bridgehead atoms. The van der Waals surface area contributed by atoms with Gasteiger partial charge in [0.1, 0.15) is 6.54 Å². The van der Waals surface area contributed by atoms with E-state index in [-0.39, 0.29) is 20.6 Å². The molecule has 1 N–H and O–H groups in total. The molecule has 0 spiro atoms. The average Bonchev–Trinajstić information content (AvgIpc) is 2.74. The Balaban J connectivity index is 1.87. The normalized spacial score (nSPS) is 11.5. The molecule has 0 aromatic heterocycles. The van der Waals surface area contributed by atoms with Gasteiger partial charge in [-0.3, -0.25) is 9.10 Å². The number of nitrogens with zero attached hydrogens (tertiary/aromatic N) is 2. The van der Waals surface area contributed by atoms with Crippen molar-refractivity contribution in [3.8, 4) is 0 Å². The molecule has 0 aliphatic carbocycles. The van der Waals surface area contributed by atoms with Gasteiger partial charge in [0.25, 0.3) is 15.9 Å². The highest BCUT2D eigenvalue weighted by atomic mass is 35.5. The van der Waals surface area contributed by atoms with Crippen molar-refractivity contribution in [1.29, 1.82) is 0 Å². The number of rotatable bonds is 7. The summed E-state index contributed by atoms with van der Waals surface area (Å²) < 4.78 is 27.6. The Labute approximate surface area is 211 Å². The van der Waals surface area contributed by atoms with E-state index in [0.717, 1.165) is 9.87 Å². The fourth-order valence-electron chi connectivity index (χ4n) is 2.77. The molecule has 0 heterocycles. The first kappa shape index (κ1) is 25.3. The number of hydrogen-bond acceptors (Lipinski definition) is 4. The Kier molecular flexibility index (Phi) is 8.26. The zero-order valence-corrected chi connectivity index (χ0v) is 20.9. The molecule has 0 fully saturated rings. The topological polar surface area (TPSA) is 78.8 Å². The zero-order valence-electron chi connectivity index (χ0n) is 17.1. The molecule has 3 rings (SSSR count). The second-order valence-electron chi connectivity index (χ2n) is 6.92. The number of carbonyl (C=O) groups is 1. The number of carbonyl (C=O) groups excluding carboxylic acids is 1. The molecule has 3 aromatic carbocycles. The summed E-state index contributed by atoms with van der Waals surface area (Å²) in [6.45, 7) is 1.27. The minimum atomic E-state index is -4.12. The van der Waals surface area contributed by atoms with Gasteiger partial charge in [0.15, 0.2) is 0 Å². The standard InChI is InChI=1S/C22H17Cl4N3O3S/c1-14-2-5-19(6-3-14)33(31,32)29(18-10-16(23)9-17(24)11-18)13-22(30)28-27-12-15-4-7-20(25)21(26)8-15/h2-12H,13H2,1H3,(H,28,30)/b27-12-. The Morgan fingerprint density at radius 2 is 1.58 bits per heavy atom. The van der Waals surface area contributed by atoms with Crippen LogP contribution in [0, 0.1) is 6.92 Å². The van der Waals surface area contributed by atoms with Gasteiger partial charge in [0.2, 0.25) is 0 Å². The summed E-state index contributed by atoms with van der Waals surface area (Å²) >= 11 is 24.0. The lowest BCUT2D eigenvalue weighted by Crippen LogP contribution is -2.39. The van der Waals surface area contributed by atoms with Crippen LogP contribution in [0.2, 0.25) is 20.1 Å². The summed E-state index contributed by atoms with van der Waals surface area (Å²) in [7, 11) is -4.12. The Hall–Kier alpha value is -2.29. The van der Waals surface area contributed by atoms with Crippen LogP contribution in [0.4, 0.5) is 5.69 Å². The molecule has 0 radical (unpaired) electrons. The van der Waals surface area contributed by atoms with Crippen LogP contribution in [0.15, 0.2) is 70.7 Å². The van der Waals surface area contributed by atoms with Crippen LogP contribution in [0.3, 0.4) is 0 Å². The summed E-state index contributed by atoms with van der Waals surface area (Å²) in [5.41, 5.74) is 3.93. The molecular formula is C22H17Cl4N3O3S. The van der Waals surface area contributed by atoms with Crippen molar-refractivity contribution < 1.29 is 13.2 Å². The molecule has 0 aliphatic rings. The van der Waals surface area contributed by atoms with E-state index in [1.54, 1.807) is 30.3 Å². The highest BCUT2D eigenvalue weighted by Crippen LogP contribution is 2.29. The van der Waals surface area contributed by atoms with Crippen molar-refractivity contribution in [2.75, 3.05) is 10.8 Å². The molecule has 0 unspecified atom stereocenters. The summed E-state index contributed by atoms with van der Waals surface area (Å²) in [6.07, 6.45) is 1.36. The van der Waals surface area contributed by atoms with E-state index in [1.165, 1.54) is 36.5 Å². The monoisotopic (exact) mass is 543 g/mol. The summed E-state index contributed by atoms with van der Waals surface area (Å²) in [4.78, 5) is 12.6. The first-order valence-electron chi connectivity index (χ1n) is 9.39. The van der Waals surface area contributed by atoms with Gasteiger partial charge in [-0.15, -0.1) is 0 Å². The van der Waals surface area contributed by atoms with E-state index < -0.39 is 22.5 Å². The first-order chi connectivity index (χ1) is 15.6. The lowest BCUT2D eigenvalue weighted by molar-refractivity contribution is -0.119. The second-order valence-corrected chi connectivity index (χ2v) is 10.5. The molecule has 0 aliphatic heterocycles. The number of halogens is 4. The molecule has 33 heavy (non-hydrogen) atoms. The number of amides is 1. The molecule has 0 saturated heterocycles. The van der Waals surface area contributed by atoms with Crippen LogP contribution in [0.5, 0.6) is 0 Å². The molecule has 0 saturated carbocycles. The number of nitrogens with one attached hydrogen (secondary N) is 1. The maximum atomic E-state index is 13.4. The van der Waals surface area contributed by atoms with Gasteiger partial charge in [0.05, 0.1) is 26.8 Å². The largest absolute Gasteiger partial charge is 0.271 e. The van der Waals surface area contributed by atoms with E-state index >= 15 is 0 Å². The van der Waals surface area contributed by atoms with Crippen molar-refractivity contribution in [3.63, 3.8) is 0 Å². The van der Waals surface area contributed by atoms with E-state index in [2.05, 4.69) is 10.5 Å². The number of benzene rings is 3. The predicted octanol–water partition coefficient (Wildman–Crippen LogP) is 5.95. The van der Waals surface area contributed by atoms with Crippen molar-refractivity contribution >= 4 is 74.2 Å². The fourth-order valence-corrected chi connectivity index (χ4v) is 5.00.